The van der Waals surface area contributed by atoms with E-state index in [2.05, 4.69) is 37.5 Å². The van der Waals surface area contributed by atoms with Crippen LogP contribution in [-0.2, 0) is 19.2 Å². The fourth-order valence-corrected chi connectivity index (χ4v) is 6.30. The van der Waals surface area contributed by atoms with Gasteiger partial charge in [0.1, 0.15) is 23.1 Å². The van der Waals surface area contributed by atoms with Crippen LogP contribution in [0.1, 0.15) is 175 Å². The summed E-state index contributed by atoms with van der Waals surface area (Å²) in [6.45, 7) is 14.6. The van der Waals surface area contributed by atoms with E-state index in [0.29, 0.717) is 87.9 Å². The molecule has 288 valence electrons. The van der Waals surface area contributed by atoms with E-state index in [1.807, 2.05) is 0 Å². The second-order valence-corrected chi connectivity index (χ2v) is 15.4. The summed E-state index contributed by atoms with van der Waals surface area (Å²) < 4.78 is 0. The van der Waals surface area contributed by atoms with E-state index >= 15 is 0 Å². The lowest BCUT2D eigenvalue weighted by molar-refractivity contribution is -0.121. The van der Waals surface area contributed by atoms with Crippen molar-refractivity contribution in [1.29, 1.82) is 0 Å². The SMILES string of the molecule is CC(C)CCCC(=O)CCN(CCCCCCCCCCCCCN(CCC(=O)CCN)CCC(=O)CCCC(C)C)CCC(=O)CCN. The van der Waals surface area contributed by atoms with Gasteiger partial charge in [-0.05, 0) is 63.7 Å². The summed E-state index contributed by atoms with van der Waals surface area (Å²) in [6.07, 6.45) is 22.2. The molecule has 0 saturated carbocycles. The minimum absolute atomic E-state index is 0.223. The van der Waals surface area contributed by atoms with Gasteiger partial charge in [-0.25, -0.2) is 0 Å². The van der Waals surface area contributed by atoms with Crippen molar-refractivity contribution in [3.8, 4) is 0 Å². The molecule has 0 rings (SSSR count). The maximum Gasteiger partial charge on any atom is 0.135 e. The molecular weight excluding hydrogens is 612 g/mol. The quantitative estimate of drug-likeness (QED) is 0.0622. The lowest BCUT2D eigenvalue weighted by atomic mass is 10.0. The Hall–Kier alpha value is -1.48. The molecule has 8 nitrogen and oxygen atoms in total. The molecule has 0 aliphatic rings. The number of unbranched alkanes of at least 4 members (excludes halogenated alkanes) is 10. The first-order valence-electron chi connectivity index (χ1n) is 20.5. The van der Waals surface area contributed by atoms with Crippen LogP contribution in [-0.4, -0.2) is 85.3 Å². The minimum atomic E-state index is 0.223. The van der Waals surface area contributed by atoms with Crippen LogP contribution in [0.5, 0.6) is 0 Å². The smallest absolute Gasteiger partial charge is 0.135 e. The predicted molar refractivity (Wildman–Crippen MR) is 207 cm³/mol. The molecule has 0 spiro atoms. The average molecular weight is 693 g/mol. The van der Waals surface area contributed by atoms with Crippen LogP contribution in [0.2, 0.25) is 0 Å². The highest BCUT2D eigenvalue weighted by Gasteiger charge is 2.13. The van der Waals surface area contributed by atoms with Crippen molar-refractivity contribution in [1.82, 2.24) is 9.80 Å². The first kappa shape index (κ1) is 47.5. The van der Waals surface area contributed by atoms with E-state index in [1.165, 1.54) is 57.8 Å². The number of Topliss-reactive ketones (excluding diaryl/α,β-unsaturated/α-hetero) is 4. The van der Waals surface area contributed by atoms with Gasteiger partial charge in [-0.1, -0.05) is 98.3 Å². The summed E-state index contributed by atoms with van der Waals surface area (Å²) in [5.41, 5.74) is 11.1. The molecule has 0 saturated heterocycles. The third-order valence-corrected chi connectivity index (χ3v) is 9.60. The first-order chi connectivity index (χ1) is 23.6. The number of carbonyl (C=O) groups is 4. The molecule has 0 atom stereocenters. The molecule has 8 heteroatoms. The maximum atomic E-state index is 12.4. The standard InChI is InChI=1S/C41H80N4O4/c1-36(2)18-16-20-38(46)24-32-44(34-26-40(48)22-28-42)30-14-12-10-8-6-5-7-9-11-13-15-31-45(35-27-41(49)23-29-43)33-25-39(47)21-17-19-37(3)4/h36-37H,5-35,42-43H2,1-4H3. The van der Waals surface area contributed by atoms with Gasteiger partial charge >= 0.3 is 0 Å². The summed E-state index contributed by atoms with van der Waals surface area (Å²) in [5.74, 6) is 2.43. The molecular formula is C41H80N4O4. The van der Waals surface area contributed by atoms with Crippen LogP contribution in [0.3, 0.4) is 0 Å². The molecule has 0 amide bonds. The lowest BCUT2D eigenvalue weighted by Crippen LogP contribution is -2.30. The van der Waals surface area contributed by atoms with Gasteiger partial charge in [0.25, 0.3) is 0 Å². The molecule has 0 aromatic heterocycles. The second kappa shape index (κ2) is 33.7. The Morgan fingerprint density at radius 1 is 0.367 bits per heavy atom. The fraction of sp³-hybridized carbons (Fsp3) is 0.902. The van der Waals surface area contributed by atoms with Crippen molar-refractivity contribution in [2.45, 2.75) is 175 Å². The molecule has 0 aliphatic heterocycles. The highest BCUT2D eigenvalue weighted by atomic mass is 16.1. The number of nitrogens with two attached hydrogens (primary N) is 2. The fourth-order valence-electron chi connectivity index (χ4n) is 6.30. The third-order valence-electron chi connectivity index (χ3n) is 9.60. The Labute approximate surface area is 302 Å². The van der Waals surface area contributed by atoms with Gasteiger partial charge in [0.15, 0.2) is 0 Å². The van der Waals surface area contributed by atoms with E-state index in [-0.39, 0.29) is 11.6 Å². The lowest BCUT2D eigenvalue weighted by Gasteiger charge is -2.22. The molecule has 0 radical (unpaired) electrons. The number of nitrogens with zero attached hydrogens (tertiary/aromatic N) is 2. The Morgan fingerprint density at radius 3 is 0.898 bits per heavy atom. The summed E-state index contributed by atoms with van der Waals surface area (Å²) in [5, 5.41) is 0. The number of rotatable bonds is 38. The van der Waals surface area contributed by atoms with Crippen LogP contribution in [0, 0.1) is 11.8 Å². The van der Waals surface area contributed by atoms with E-state index in [0.717, 1.165) is 77.8 Å². The van der Waals surface area contributed by atoms with Gasteiger partial charge in [-0.15, -0.1) is 0 Å². The van der Waals surface area contributed by atoms with Crippen molar-refractivity contribution in [3.63, 3.8) is 0 Å². The van der Waals surface area contributed by atoms with Gasteiger partial charge in [0, 0.05) is 77.5 Å². The van der Waals surface area contributed by atoms with Crippen molar-refractivity contribution in [3.05, 3.63) is 0 Å². The van der Waals surface area contributed by atoms with Crippen molar-refractivity contribution >= 4 is 23.1 Å². The molecule has 0 unspecified atom stereocenters. The Kier molecular flexibility index (Phi) is 32.6. The van der Waals surface area contributed by atoms with E-state index in [1.54, 1.807) is 0 Å². The van der Waals surface area contributed by atoms with Crippen molar-refractivity contribution in [2.24, 2.45) is 23.3 Å². The normalized spacial score (nSPS) is 11.8. The Bertz CT molecular complexity index is 766. The van der Waals surface area contributed by atoms with E-state index in [4.69, 9.17) is 11.5 Å². The third kappa shape index (κ3) is 33.4. The molecule has 0 bridgehead atoms. The zero-order valence-electron chi connectivity index (χ0n) is 32.8. The van der Waals surface area contributed by atoms with E-state index in [9.17, 15) is 19.2 Å². The highest BCUT2D eigenvalue weighted by molar-refractivity contribution is 5.80. The number of hydrogen-bond acceptors (Lipinski definition) is 8. The van der Waals surface area contributed by atoms with Crippen LogP contribution in [0.15, 0.2) is 0 Å². The van der Waals surface area contributed by atoms with Crippen molar-refractivity contribution < 1.29 is 19.2 Å². The van der Waals surface area contributed by atoms with Crippen LogP contribution >= 0.6 is 0 Å². The Balaban J connectivity index is 4.15. The summed E-state index contributed by atoms with van der Waals surface area (Å²) in [4.78, 5) is 53.5. The largest absolute Gasteiger partial charge is 0.330 e. The van der Waals surface area contributed by atoms with Crippen LogP contribution in [0.25, 0.3) is 0 Å². The maximum absolute atomic E-state index is 12.4. The number of ketones is 4. The zero-order valence-corrected chi connectivity index (χ0v) is 32.8. The first-order valence-corrected chi connectivity index (χ1v) is 20.5. The molecule has 0 aromatic carbocycles. The molecule has 49 heavy (non-hydrogen) atoms. The van der Waals surface area contributed by atoms with Gasteiger partial charge in [-0.2, -0.15) is 0 Å². The average Bonchev–Trinajstić information content (AvgIpc) is 3.04. The summed E-state index contributed by atoms with van der Waals surface area (Å²) in [6, 6.07) is 0. The molecule has 0 aliphatic carbocycles. The number of hydrogen-bond donors (Lipinski definition) is 2. The topological polar surface area (TPSA) is 127 Å². The zero-order chi connectivity index (χ0) is 36.5. The predicted octanol–water partition coefficient (Wildman–Crippen LogP) is 8.07. The Morgan fingerprint density at radius 2 is 0.633 bits per heavy atom. The van der Waals surface area contributed by atoms with Gasteiger partial charge in [-0.3, -0.25) is 19.2 Å². The van der Waals surface area contributed by atoms with Crippen LogP contribution < -0.4 is 11.5 Å². The number of carbonyl (C=O) groups excluding carboxylic acids is 4. The monoisotopic (exact) mass is 693 g/mol. The molecule has 0 fully saturated rings. The molecule has 0 heterocycles. The van der Waals surface area contributed by atoms with Gasteiger partial charge < -0.3 is 21.3 Å². The van der Waals surface area contributed by atoms with Crippen molar-refractivity contribution in [2.75, 3.05) is 52.4 Å². The molecule has 0 aromatic rings. The summed E-state index contributed by atoms with van der Waals surface area (Å²) in [7, 11) is 0. The highest BCUT2D eigenvalue weighted by Crippen LogP contribution is 2.14. The minimum Gasteiger partial charge on any atom is -0.330 e. The van der Waals surface area contributed by atoms with Crippen LogP contribution in [0.4, 0.5) is 0 Å². The van der Waals surface area contributed by atoms with Gasteiger partial charge in [0.2, 0.25) is 0 Å². The van der Waals surface area contributed by atoms with E-state index < -0.39 is 0 Å². The molecule has 4 N–H and O–H groups in total. The summed E-state index contributed by atoms with van der Waals surface area (Å²) >= 11 is 0. The van der Waals surface area contributed by atoms with Gasteiger partial charge in [0.05, 0.1) is 0 Å². The second-order valence-electron chi connectivity index (χ2n) is 15.4.